The number of pyridine rings is 1. The fourth-order valence-corrected chi connectivity index (χ4v) is 9.11. The number of hydrogen-bond acceptors (Lipinski definition) is 10. The molecule has 3 aromatic rings. The van der Waals surface area contributed by atoms with Crippen molar-refractivity contribution < 1.29 is 32.2 Å². The van der Waals surface area contributed by atoms with Crippen molar-refractivity contribution in [2.24, 2.45) is 11.8 Å². The average molecular weight is 702 g/mol. The van der Waals surface area contributed by atoms with Crippen LogP contribution in [0, 0.1) is 23.2 Å². The SMILES string of the molecule is CCOc1ccccc1S(=O)(=O)N1C(=O)C(OC(=O)N2CCC(C3CCN(CC)CC3)CC2)(c2cccnc2OCC)c2cc(C#N)ccc21. The third-order valence-electron chi connectivity index (χ3n) is 10.1. The van der Waals surface area contributed by atoms with Gasteiger partial charge in [-0.3, -0.25) is 4.79 Å². The summed E-state index contributed by atoms with van der Waals surface area (Å²) in [4.78, 5) is 37.5. The van der Waals surface area contributed by atoms with Gasteiger partial charge in [-0.25, -0.2) is 18.2 Å². The maximum absolute atomic E-state index is 15.1. The second-order valence-corrected chi connectivity index (χ2v) is 14.5. The molecule has 0 radical (unpaired) electrons. The molecule has 2 saturated heterocycles. The summed E-state index contributed by atoms with van der Waals surface area (Å²) in [7, 11) is -4.66. The first-order chi connectivity index (χ1) is 24.2. The van der Waals surface area contributed by atoms with Crippen LogP contribution < -0.4 is 13.8 Å². The lowest BCUT2D eigenvalue weighted by Crippen LogP contribution is -2.50. The fourth-order valence-electron chi connectivity index (χ4n) is 7.52. The Morgan fingerprint density at radius 1 is 0.920 bits per heavy atom. The van der Waals surface area contributed by atoms with Crippen molar-refractivity contribution >= 4 is 27.7 Å². The van der Waals surface area contributed by atoms with Crippen molar-refractivity contribution in [3.8, 4) is 17.7 Å². The van der Waals surface area contributed by atoms with Crippen molar-refractivity contribution in [2.45, 2.75) is 57.0 Å². The third-order valence-corrected chi connectivity index (χ3v) is 11.8. The van der Waals surface area contributed by atoms with Gasteiger partial charge in [0.15, 0.2) is 0 Å². The lowest BCUT2D eigenvalue weighted by molar-refractivity contribution is -0.132. The van der Waals surface area contributed by atoms with Crippen molar-refractivity contribution in [3.63, 3.8) is 0 Å². The molecule has 2 amide bonds. The predicted molar refractivity (Wildman–Crippen MR) is 185 cm³/mol. The van der Waals surface area contributed by atoms with Crippen LogP contribution in [0.3, 0.4) is 0 Å². The number of piperidine rings is 2. The largest absolute Gasteiger partial charge is 0.492 e. The summed E-state index contributed by atoms with van der Waals surface area (Å²) in [6.07, 6.45) is 4.57. The minimum absolute atomic E-state index is 0.00412. The summed E-state index contributed by atoms with van der Waals surface area (Å²) in [6.45, 7) is 10.1. The van der Waals surface area contributed by atoms with E-state index in [0.717, 1.165) is 45.3 Å². The van der Waals surface area contributed by atoms with Gasteiger partial charge in [0, 0.05) is 24.8 Å². The maximum Gasteiger partial charge on any atom is 0.411 e. The van der Waals surface area contributed by atoms with Crippen molar-refractivity contribution in [2.75, 3.05) is 50.2 Å². The van der Waals surface area contributed by atoms with Crippen molar-refractivity contribution in [1.29, 1.82) is 5.26 Å². The Bertz CT molecular complexity index is 1880. The number of fused-ring (bicyclic) bond motifs is 1. The molecule has 3 aliphatic rings. The highest BCUT2D eigenvalue weighted by Crippen LogP contribution is 2.52. The van der Waals surface area contributed by atoms with Gasteiger partial charge in [0.25, 0.3) is 21.5 Å². The highest BCUT2D eigenvalue weighted by molar-refractivity contribution is 7.93. The van der Waals surface area contributed by atoms with Gasteiger partial charge < -0.3 is 24.0 Å². The Morgan fingerprint density at radius 2 is 1.60 bits per heavy atom. The van der Waals surface area contributed by atoms with Gasteiger partial charge in [-0.15, -0.1) is 0 Å². The molecule has 4 heterocycles. The third kappa shape index (κ3) is 6.26. The first-order valence-electron chi connectivity index (χ1n) is 17.3. The zero-order valence-corrected chi connectivity index (χ0v) is 29.5. The second kappa shape index (κ2) is 14.7. The molecule has 0 saturated carbocycles. The highest BCUT2D eigenvalue weighted by atomic mass is 32.2. The number of nitriles is 1. The van der Waals surface area contributed by atoms with E-state index in [2.05, 4.69) is 22.9 Å². The van der Waals surface area contributed by atoms with E-state index in [9.17, 15) is 18.5 Å². The zero-order valence-electron chi connectivity index (χ0n) is 28.7. The number of anilines is 1. The number of nitrogens with zero attached hydrogens (tertiary/aromatic N) is 5. The van der Waals surface area contributed by atoms with Gasteiger partial charge in [-0.05, 0) is 113 Å². The van der Waals surface area contributed by atoms with E-state index in [4.69, 9.17) is 14.2 Å². The standard InChI is InChI=1S/C37H43N5O7S/c1-4-40-20-15-27(16-21-40)28-17-22-41(23-18-28)36(44)49-37(29-10-9-19-39-34(29)48-6-3)30-24-26(25-38)13-14-31(30)42(35(37)43)50(45,46)33-12-8-7-11-32(33)47-5-2/h7-14,19,24,27-28H,4-6,15-18,20-23H2,1-3H3. The summed E-state index contributed by atoms with van der Waals surface area (Å²) in [5.74, 6) is 0.0712. The van der Waals surface area contributed by atoms with Crippen LogP contribution >= 0.6 is 0 Å². The normalized spacial score (nSPS) is 20.3. The Morgan fingerprint density at radius 3 is 2.26 bits per heavy atom. The number of ether oxygens (including phenoxy) is 3. The minimum atomic E-state index is -4.66. The molecule has 1 aromatic heterocycles. The van der Waals surface area contributed by atoms with E-state index in [1.807, 2.05) is 0 Å². The number of benzene rings is 2. The Balaban J connectivity index is 1.42. The molecule has 2 fully saturated rings. The Kier molecular flexibility index (Phi) is 10.3. The number of sulfonamides is 1. The molecule has 0 bridgehead atoms. The van der Waals surface area contributed by atoms with E-state index in [1.165, 1.54) is 48.7 Å². The summed E-state index contributed by atoms with van der Waals surface area (Å²) >= 11 is 0. The van der Waals surface area contributed by atoms with Crippen LogP contribution in [0.25, 0.3) is 0 Å². The number of carbonyl (C=O) groups is 2. The Hall–Kier alpha value is -4.67. The topological polar surface area (TPSA) is 142 Å². The van der Waals surface area contributed by atoms with Gasteiger partial charge in [0.2, 0.25) is 5.88 Å². The first-order valence-corrected chi connectivity index (χ1v) is 18.8. The molecule has 264 valence electrons. The molecule has 1 atom stereocenters. The highest BCUT2D eigenvalue weighted by Gasteiger charge is 2.61. The maximum atomic E-state index is 15.1. The van der Waals surface area contributed by atoms with Crippen LogP contribution in [-0.4, -0.2) is 81.1 Å². The average Bonchev–Trinajstić information content (AvgIpc) is 3.39. The van der Waals surface area contributed by atoms with Gasteiger partial charge in [0.1, 0.15) is 10.6 Å². The number of amides is 2. The number of aromatic nitrogens is 1. The quantitative estimate of drug-likeness (QED) is 0.273. The molecule has 0 N–H and O–H groups in total. The lowest BCUT2D eigenvalue weighted by Gasteiger charge is -2.40. The summed E-state index contributed by atoms with van der Waals surface area (Å²) in [5.41, 5.74) is -2.21. The fraction of sp³-hybridized carbons (Fsp3) is 0.459. The zero-order chi connectivity index (χ0) is 35.5. The molecule has 12 nitrogen and oxygen atoms in total. The number of rotatable bonds is 10. The summed E-state index contributed by atoms with van der Waals surface area (Å²) in [6, 6.07) is 15.4. The second-order valence-electron chi connectivity index (χ2n) is 12.7. The Labute approximate surface area is 293 Å². The van der Waals surface area contributed by atoms with Gasteiger partial charge in [-0.1, -0.05) is 19.1 Å². The monoisotopic (exact) mass is 701 g/mol. The molecule has 13 heteroatoms. The van der Waals surface area contributed by atoms with Crippen LogP contribution in [0.4, 0.5) is 10.5 Å². The molecule has 1 unspecified atom stereocenters. The molecule has 50 heavy (non-hydrogen) atoms. The van der Waals surface area contributed by atoms with Gasteiger partial charge >= 0.3 is 6.09 Å². The molecule has 3 aliphatic heterocycles. The predicted octanol–water partition coefficient (Wildman–Crippen LogP) is 5.31. The van der Waals surface area contributed by atoms with Crippen LogP contribution in [0.15, 0.2) is 65.7 Å². The van der Waals surface area contributed by atoms with Crippen LogP contribution in [0.1, 0.15) is 63.1 Å². The van der Waals surface area contributed by atoms with Crippen LogP contribution in [-0.2, 0) is 25.2 Å². The molecular weight excluding hydrogens is 659 g/mol. The number of hydrogen-bond donors (Lipinski definition) is 0. The van der Waals surface area contributed by atoms with E-state index in [1.54, 1.807) is 30.9 Å². The van der Waals surface area contributed by atoms with E-state index in [-0.39, 0.29) is 52.1 Å². The number of likely N-dealkylation sites (tertiary alicyclic amines) is 2. The molecule has 0 aliphatic carbocycles. The van der Waals surface area contributed by atoms with E-state index in [0.29, 0.717) is 29.2 Å². The number of carbonyl (C=O) groups excluding carboxylic acids is 2. The van der Waals surface area contributed by atoms with Crippen LogP contribution in [0.2, 0.25) is 0 Å². The summed E-state index contributed by atoms with van der Waals surface area (Å²) in [5, 5.41) is 9.92. The van der Waals surface area contributed by atoms with Crippen LogP contribution in [0.5, 0.6) is 11.6 Å². The molecule has 6 rings (SSSR count). The summed E-state index contributed by atoms with van der Waals surface area (Å²) < 4.78 is 47.6. The van der Waals surface area contributed by atoms with Crippen molar-refractivity contribution in [1.82, 2.24) is 14.8 Å². The van der Waals surface area contributed by atoms with Gasteiger partial charge in [0.05, 0.1) is 36.1 Å². The number of para-hydroxylation sites is 1. The van der Waals surface area contributed by atoms with E-state index < -0.39 is 27.6 Å². The molecular formula is C37H43N5O7S. The van der Waals surface area contributed by atoms with Gasteiger partial charge in [-0.2, -0.15) is 9.57 Å². The van der Waals surface area contributed by atoms with E-state index >= 15 is 4.79 Å². The molecule has 2 aromatic carbocycles. The first kappa shape index (κ1) is 35.2. The smallest absolute Gasteiger partial charge is 0.411 e. The minimum Gasteiger partial charge on any atom is -0.492 e. The molecule has 0 spiro atoms. The van der Waals surface area contributed by atoms with Crippen molar-refractivity contribution in [3.05, 3.63) is 77.5 Å². The lowest BCUT2D eigenvalue weighted by atomic mass is 9.79.